The lowest BCUT2D eigenvalue weighted by Gasteiger charge is -2.12. The van der Waals surface area contributed by atoms with Crippen molar-refractivity contribution in [1.29, 1.82) is 0 Å². The first-order valence-corrected chi connectivity index (χ1v) is 11.1. The number of benzene rings is 3. The Kier molecular flexibility index (Phi) is 3.95. The topological polar surface area (TPSA) is 59.3 Å². The second kappa shape index (κ2) is 6.38. The normalized spacial score (nSPS) is 14.3. The van der Waals surface area contributed by atoms with Crippen LogP contribution >= 0.6 is 0 Å². The van der Waals surface area contributed by atoms with Crippen molar-refractivity contribution in [1.82, 2.24) is 0 Å². The lowest BCUT2D eigenvalue weighted by molar-refractivity contribution is 0.507. The molecule has 0 saturated carbocycles. The smallest absolute Gasteiger partial charge is 0.261 e. The van der Waals surface area contributed by atoms with E-state index in [-0.39, 0.29) is 4.90 Å². The molecule has 1 heterocycles. The quantitative estimate of drug-likeness (QED) is 0.496. The van der Waals surface area contributed by atoms with Crippen LogP contribution in [0.1, 0.15) is 29.7 Å². The number of fused-ring (bicyclic) bond motifs is 5. The molecule has 0 atom stereocenters. The Balaban J connectivity index is 1.71. The van der Waals surface area contributed by atoms with Crippen LogP contribution in [0.3, 0.4) is 0 Å². The standard InChI is InChI=1S/C23H21NO3S/c1-15-10-12-16(13-11-15)28(25,26)24-21-14-20-18-7-4-5-9-22(18)27-23(20)19-8-3-2-6-17(19)21/h2-3,6,8,10-14,24H,4-5,7,9H2,1H3. The highest BCUT2D eigenvalue weighted by Crippen LogP contribution is 2.39. The number of furan rings is 1. The molecule has 0 spiro atoms. The molecule has 5 rings (SSSR count). The van der Waals surface area contributed by atoms with Crippen LogP contribution in [0.15, 0.2) is 63.9 Å². The first-order chi connectivity index (χ1) is 13.5. The zero-order valence-electron chi connectivity index (χ0n) is 15.7. The van der Waals surface area contributed by atoms with E-state index in [1.807, 2.05) is 49.4 Å². The molecule has 0 amide bonds. The average molecular weight is 391 g/mol. The fourth-order valence-electron chi connectivity index (χ4n) is 4.09. The fraction of sp³-hybridized carbons (Fsp3) is 0.217. The van der Waals surface area contributed by atoms with Crippen LogP contribution < -0.4 is 4.72 Å². The third-order valence-electron chi connectivity index (χ3n) is 5.54. The van der Waals surface area contributed by atoms with Crippen molar-refractivity contribution >= 4 is 37.5 Å². The highest BCUT2D eigenvalue weighted by molar-refractivity contribution is 7.92. The van der Waals surface area contributed by atoms with E-state index in [9.17, 15) is 8.42 Å². The van der Waals surface area contributed by atoms with Gasteiger partial charge in [-0.25, -0.2) is 8.42 Å². The Morgan fingerprint density at radius 1 is 0.893 bits per heavy atom. The van der Waals surface area contributed by atoms with Gasteiger partial charge in [0, 0.05) is 28.1 Å². The Morgan fingerprint density at radius 2 is 1.61 bits per heavy atom. The Bertz CT molecular complexity index is 1300. The second-order valence-electron chi connectivity index (χ2n) is 7.48. The molecule has 142 valence electrons. The molecule has 1 aliphatic carbocycles. The molecule has 0 aliphatic heterocycles. The van der Waals surface area contributed by atoms with Gasteiger partial charge in [0.05, 0.1) is 10.6 Å². The van der Waals surface area contributed by atoms with Crippen LogP contribution in [0, 0.1) is 6.92 Å². The summed E-state index contributed by atoms with van der Waals surface area (Å²) in [5.41, 5.74) is 3.71. The molecule has 1 aromatic heterocycles. The van der Waals surface area contributed by atoms with Crippen LogP contribution in [-0.4, -0.2) is 8.42 Å². The van der Waals surface area contributed by atoms with Gasteiger partial charge in [0.1, 0.15) is 11.3 Å². The molecule has 4 nitrogen and oxygen atoms in total. The fourth-order valence-corrected chi connectivity index (χ4v) is 5.16. The summed E-state index contributed by atoms with van der Waals surface area (Å²) in [4.78, 5) is 0.261. The largest absolute Gasteiger partial charge is 0.460 e. The molecule has 28 heavy (non-hydrogen) atoms. The summed E-state index contributed by atoms with van der Waals surface area (Å²) in [7, 11) is -3.68. The van der Waals surface area contributed by atoms with Gasteiger partial charge >= 0.3 is 0 Å². The van der Waals surface area contributed by atoms with Gasteiger partial charge < -0.3 is 4.42 Å². The third kappa shape index (κ3) is 2.78. The molecular weight excluding hydrogens is 370 g/mol. The highest BCUT2D eigenvalue weighted by atomic mass is 32.2. The Labute approximate surface area is 164 Å². The molecule has 1 aliphatic rings. The lowest BCUT2D eigenvalue weighted by atomic mass is 9.94. The van der Waals surface area contributed by atoms with Gasteiger partial charge in [0.25, 0.3) is 10.0 Å². The summed E-state index contributed by atoms with van der Waals surface area (Å²) >= 11 is 0. The maximum Gasteiger partial charge on any atom is 0.261 e. The summed E-state index contributed by atoms with van der Waals surface area (Å²) in [6.07, 6.45) is 4.20. The maximum atomic E-state index is 13.0. The van der Waals surface area contributed by atoms with E-state index < -0.39 is 10.0 Å². The van der Waals surface area contributed by atoms with Gasteiger partial charge in [-0.2, -0.15) is 0 Å². The number of hydrogen-bond acceptors (Lipinski definition) is 3. The SMILES string of the molecule is Cc1ccc(S(=O)(=O)Nc2cc3c4c(oc3c3ccccc23)CCCC4)cc1. The van der Waals surface area contributed by atoms with E-state index in [0.29, 0.717) is 5.69 Å². The molecule has 0 saturated heterocycles. The monoisotopic (exact) mass is 391 g/mol. The average Bonchev–Trinajstić information content (AvgIpc) is 3.07. The first kappa shape index (κ1) is 17.3. The predicted octanol–water partition coefficient (Wildman–Crippen LogP) is 5.57. The van der Waals surface area contributed by atoms with Crippen LogP contribution in [-0.2, 0) is 22.9 Å². The second-order valence-corrected chi connectivity index (χ2v) is 9.16. The number of aryl methyl sites for hydroxylation is 3. The molecule has 3 aromatic carbocycles. The zero-order chi connectivity index (χ0) is 19.3. The van der Waals surface area contributed by atoms with Gasteiger partial charge in [-0.1, -0.05) is 42.0 Å². The van der Waals surface area contributed by atoms with Gasteiger partial charge in [0.15, 0.2) is 0 Å². The van der Waals surface area contributed by atoms with Crippen molar-refractivity contribution < 1.29 is 12.8 Å². The third-order valence-corrected chi connectivity index (χ3v) is 6.92. The van der Waals surface area contributed by atoms with Crippen LogP contribution in [0.2, 0.25) is 0 Å². The summed E-state index contributed by atoms with van der Waals surface area (Å²) in [6, 6.07) is 16.6. The number of anilines is 1. The van der Waals surface area contributed by atoms with Gasteiger partial charge in [-0.05, 0) is 44.4 Å². The molecule has 4 aromatic rings. The number of rotatable bonds is 3. The molecule has 0 unspecified atom stereocenters. The van der Waals surface area contributed by atoms with Crippen molar-refractivity contribution in [3.05, 3.63) is 71.5 Å². The maximum absolute atomic E-state index is 13.0. The molecule has 1 N–H and O–H groups in total. The van der Waals surface area contributed by atoms with Crippen LogP contribution in [0.5, 0.6) is 0 Å². The van der Waals surface area contributed by atoms with Gasteiger partial charge in [-0.3, -0.25) is 4.72 Å². The van der Waals surface area contributed by atoms with Crippen molar-refractivity contribution in [3.63, 3.8) is 0 Å². The van der Waals surface area contributed by atoms with Crippen LogP contribution in [0.4, 0.5) is 5.69 Å². The summed E-state index contributed by atoms with van der Waals surface area (Å²) < 4.78 is 35.0. The van der Waals surface area contributed by atoms with Crippen molar-refractivity contribution in [3.8, 4) is 0 Å². The molecule has 5 heteroatoms. The van der Waals surface area contributed by atoms with E-state index in [1.165, 1.54) is 5.56 Å². The van der Waals surface area contributed by atoms with Crippen LogP contribution in [0.25, 0.3) is 21.7 Å². The Hall–Kier alpha value is -2.79. The minimum atomic E-state index is -3.68. The minimum absolute atomic E-state index is 0.261. The van der Waals surface area contributed by atoms with Crippen molar-refractivity contribution in [2.24, 2.45) is 0 Å². The van der Waals surface area contributed by atoms with Crippen molar-refractivity contribution in [2.45, 2.75) is 37.5 Å². The number of nitrogens with one attached hydrogen (secondary N) is 1. The van der Waals surface area contributed by atoms with E-state index in [4.69, 9.17) is 4.42 Å². The van der Waals surface area contributed by atoms with Gasteiger partial charge in [-0.15, -0.1) is 0 Å². The van der Waals surface area contributed by atoms with E-state index >= 15 is 0 Å². The minimum Gasteiger partial charge on any atom is -0.460 e. The number of hydrogen-bond donors (Lipinski definition) is 1. The Morgan fingerprint density at radius 3 is 2.39 bits per heavy atom. The molecule has 0 radical (unpaired) electrons. The van der Waals surface area contributed by atoms with Crippen molar-refractivity contribution in [2.75, 3.05) is 4.72 Å². The van der Waals surface area contributed by atoms with E-state index in [0.717, 1.165) is 58.7 Å². The molecule has 0 fully saturated rings. The van der Waals surface area contributed by atoms with Gasteiger partial charge in [0.2, 0.25) is 0 Å². The zero-order valence-corrected chi connectivity index (χ0v) is 16.5. The molecular formula is C23H21NO3S. The lowest BCUT2D eigenvalue weighted by Crippen LogP contribution is -2.13. The summed E-state index contributed by atoms with van der Waals surface area (Å²) in [6.45, 7) is 1.94. The number of sulfonamides is 1. The van der Waals surface area contributed by atoms with E-state index in [1.54, 1.807) is 12.1 Å². The first-order valence-electron chi connectivity index (χ1n) is 9.58. The predicted molar refractivity (Wildman–Crippen MR) is 112 cm³/mol. The highest BCUT2D eigenvalue weighted by Gasteiger charge is 2.22. The molecule has 0 bridgehead atoms. The summed E-state index contributed by atoms with van der Waals surface area (Å²) in [5, 5.41) is 2.81. The summed E-state index contributed by atoms with van der Waals surface area (Å²) in [5.74, 6) is 1.05. The van der Waals surface area contributed by atoms with E-state index in [2.05, 4.69) is 4.72 Å².